The number of rotatable bonds is 6. The highest BCUT2D eigenvalue weighted by atomic mass is 19.1. The topological polar surface area (TPSA) is 62.7 Å². The number of halogens is 2. The van der Waals surface area contributed by atoms with Crippen molar-refractivity contribution in [1.82, 2.24) is 0 Å². The molecule has 0 radical (unpaired) electrons. The number of nitrogens with one attached hydrogen (secondary N) is 2. The number of amides is 1. The van der Waals surface area contributed by atoms with Crippen LogP contribution in [0.4, 0.5) is 25.8 Å². The lowest BCUT2D eigenvalue weighted by Crippen LogP contribution is -2.13. The molecule has 1 unspecified atom stereocenters. The quantitative estimate of drug-likeness (QED) is 0.622. The standard InChI is InChI=1S/C18H17F2N3O2/c1-25-8-7-21-15-6-5-11(9-14(15)20)22-10-12-17-13(19)3-2-4-16(17)23-18(12)24/h2-6,9-10,12,21H,7-8H2,1H3,(H,23,24). The van der Waals surface area contributed by atoms with E-state index in [0.29, 0.717) is 30.2 Å². The molecule has 1 aliphatic heterocycles. The molecule has 0 bridgehead atoms. The van der Waals surface area contributed by atoms with E-state index in [9.17, 15) is 13.6 Å². The van der Waals surface area contributed by atoms with Gasteiger partial charge in [0.2, 0.25) is 5.91 Å². The van der Waals surface area contributed by atoms with E-state index in [1.807, 2.05) is 0 Å². The summed E-state index contributed by atoms with van der Waals surface area (Å²) in [6.07, 6.45) is 1.33. The summed E-state index contributed by atoms with van der Waals surface area (Å²) in [7, 11) is 1.57. The number of anilines is 2. The molecule has 2 aromatic rings. The third-order valence-electron chi connectivity index (χ3n) is 3.85. The summed E-state index contributed by atoms with van der Waals surface area (Å²) in [5.74, 6) is -2.13. The smallest absolute Gasteiger partial charge is 0.237 e. The highest BCUT2D eigenvalue weighted by Gasteiger charge is 2.31. The molecule has 1 atom stereocenters. The van der Waals surface area contributed by atoms with Gasteiger partial charge in [0.05, 0.1) is 18.0 Å². The van der Waals surface area contributed by atoms with Gasteiger partial charge in [0.1, 0.15) is 17.6 Å². The zero-order valence-corrected chi connectivity index (χ0v) is 13.6. The van der Waals surface area contributed by atoms with E-state index in [-0.39, 0.29) is 11.5 Å². The highest BCUT2D eigenvalue weighted by molar-refractivity contribution is 6.12. The monoisotopic (exact) mass is 345 g/mol. The Balaban J connectivity index is 1.77. The van der Waals surface area contributed by atoms with E-state index in [0.717, 1.165) is 0 Å². The molecule has 5 nitrogen and oxygen atoms in total. The van der Waals surface area contributed by atoms with Gasteiger partial charge < -0.3 is 15.4 Å². The Hall–Kier alpha value is -2.80. The van der Waals surface area contributed by atoms with Gasteiger partial charge in [-0.1, -0.05) is 6.07 Å². The number of benzene rings is 2. The van der Waals surface area contributed by atoms with Gasteiger partial charge in [-0.25, -0.2) is 8.78 Å². The third-order valence-corrected chi connectivity index (χ3v) is 3.85. The zero-order chi connectivity index (χ0) is 17.8. The number of hydrogen-bond donors (Lipinski definition) is 2. The molecule has 0 fully saturated rings. The second kappa shape index (κ2) is 7.40. The molecule has 0 aliphatic carbocycles. The number of nitrogens with zero attached hydrogens (tertiary/aromatic N) is 1. The Bertz CT molecular complexity index is 824. The Morgan fingerprint density at radius 1 is 1.28 bits per heavy atom. The Morgan fingerprint density at radius 2 is 2.12 bits per heavy atom. The summed E-state index contributed by atoms with van der Waals surface area (Å²) in [6, 6.07) is 8.87. The first kappa shape index (κ1) is 17.0. The lowest BCUT2D eigenvalue weighted by atomic mass is 10.0. The molecule has 1 aliphatic rings. The van der Waals surface area contributed by atoms with Gasteiger partial charge in [-0.05, 0) is 24.3 Å². The van der Waals surface area contributed by atoms with Crippen LogP contribution in [0.1, 0.15) is 11.5 Å². The van der Waals surface area contributed by atoms with Crippen molar-refractivity contribution in [3.05, 3.63) is 53.6 Å². The first-order valence-electron chi connectivity index (χ1n) is 7.76. The predicted octanol–water partition coefficient (Wildman–Crippen LogP) is 3.46. The summed E-state index contributed by atoms with van der Waals surface area (Å²) < 4.78 is 32.9. The maximum Gasteiger partial charge on any atom is 0.237 e. The van der Waals surface area contributed by atoms with Crippen LogP contribution in [0.25, 0.3) is 0 Å². The van der Waals surface area contributed by atoms with Gasteiger partial charge >= 0.3 is 0 Å². The maximum absolute atomic E-state index is 14.0. The fourth-order valence-electron chi connectivity index (χ4n) is 2.62. The van der Waals surface area contributed by atoms with Crippen LogP contribution < -0.4 is 10.6 Å². The maximum atomic E-state index is 14.0. The third kappa shape index (κ3) is 3.66. The van der Waals surface area contributed by atoms with Crippen molar-refractivity contribution in [2.75, 3.05) is 30.9 Å². The van der Waals surface area contributed by atoms with Crippen LogP contribution in [0.5, 0.6) is 0 Å². The van der Waals surface area contributed by atoms with Crippen molar-refractivity contribution in [2.24, 2.45) is 4.99 Å². The number of hydrogen-bond acceptors (Lipinski definition) is 4. The minimum absolute atomic E-state index is 0.259. The summed E-state index contributed by atoms with van der Waals surface area (Å²) in [4.78, 5) is 16.1. The van der Waals surface area contributed by atoms with E-state index in [2.05, 4.69) is 15.6 Å². The lowest BCUT2D eigenvalue weighted by Gasteiger charge is -2.07. The van der Waals surface area contributed by atoms with Crippen LogP contribution >= 0.6 is 0 Å². The Labute approximate surface area is 143 Å². The molecule has 1 amide bonds. The molecule has 0 saturated carbocycles. The van der Waals surface area contributed by atoms with E-state index < -0.39 is 17.6 Å². The Kier molecular flexibility index (Phi) is 5.04. The average Bonchev–Trinajstić information content (AvgIpc) is 2.91. The van der Waals surface area contributed by atoms with E-state index in [1.54, 1.807) is 25.3 Å². The predicted molar refractivity (Wildman–Crippen MR) is 92.7 cm³/mol. The highest BCUT2D eigenvalue weighted by Crippen LogP contribution is 2.34. The SMILES string of the molecule is COCCNc1ccc(N=CC2C(=O)Nc3cccc(F)c32)cc1F. The largest absolute Gasteiger partial charge is 0.383 e. The minimum atomic E-state index is -0.834. The Morgan fingerprint density at radius 3 is 2.88 bits per heavy atom. The second-order valence-corrected chi connectivity index (χ2v) is 5.53. The van der Waals surface area contributed by atoms with Crippen molar-refractivity contribution in [3.63, 3.8) is 0 Å². The summed E-state index contributed by atoms with van der Waals surface area (Å²) in [6.45, 7) is 0.940. The number of aliphatic imine (C=N–C) groups is 1. The molecule has 1 heterocycles. The zero-order valence-electron chi connectivity index (χ0n) is 13.6. The summed E-state index contributed by atoms with van der Waals surface area (Å²) in [5, 5.41) is 5.51. The minimum Gasteiger partial charge on any atom is -0.383 e. The van der Waals surface area contributed by atoms with Gasteiger partial charge in [0.15, 0.2) is 0 Å². The number of methoxy groups -OCH3 is 1. The summed E-state index contributed by atoms with van der Waals surface area (Å²) >= 11 is 0. The molecule has 2 aromatic carbocycles. The molecule has 2 N–H and O–H groups in total. The number of ether oxygens (including phenoxy) is 1. The van der Waals surface area contributed by atoms with Gasteiger partial charge in [0.25, 0.3) is 0 Å². The van der Waals surface area contributed by atoms with Gasteiger partial charge in [0, 0.05) is 37.2 Å². The molecule has 3 rings (SSSR count). The average molecular weight is 345 g/mol. The molecular weight excluding hydrogens is 328 g/mol. The molecule has 0 aromatic heterocycles. The number of carbonyl (C=O) groups is 1. The molecule has 0 saturated heterocycles. The van der Waals surface area contributed by atoms with Crippen LogP contribution in [0.2, 0.25) is 0 Å². The van der Waals surface area contributed by atoms with Crippen molar-refractivity contribution < 1.29 is 18.3 Å². The second-order valence-electron chi connectivity index (χ2n) is 5.53. The molecule has 130 valence electrons. The van der Waals surface area contributed by atoms with Crippen LogP contribution in [0, 0.1) is 11.6 Å². The molecule has 7 heteroatoms. The van der Waals surface area contributed by atoms with Gasteiger partial charge in [-0.2, -0.15) is 0 Å². The molecule has 0 spiro atoms. The van der Waals surface area contributed by atoms with Crippen molar-refractivity contribution in [3.8, 4) is 0 Å². The van der Waals surface area contributed by atoms with Gasteiger partial charge in [-0.15, -0.1) is 0 Å². The van der Waals surface area contributed by atoms with Crippen molar-refractivity contribution >= 4 is 29.2 Å². The molecular formula is C18H17F2N3O2. The van der Waals surface area contributed by atoms with Crippen LogP contribution in [0.3, 0.4) is 0 Å². The fraction of sp³-hybridized carbons (Fsp3) is 0.222. The number of carbonyl (C=O) groups excluding carboxylic acids is 1. The van der Waals surface area contributed by atoms with Crippen molar-refractivity contribution in [2.45, 2.75) is 5.92 Å². The molecule has 25 heavy (non-hydrogen) atoms. The summed E-state index contributed by atoms with van der Waals surface area (Å²) in [5.41, 5.74) is 1.37. The first-order valence-corrected chi connectivity index (χ1v) is 7.76. The van der Waals surface area contributed by atoms with Crippen LogP contribution in [0.15, 0.2) is 41.4 Å². The number of fused-ring (bicyclic) bond motifs is 1. The van der Waals surface area contributed by atoms with E-state index >= 15 is 0 Å². The van der Waals surface area contributed by atoms with Crippen molar-refractivity contribution in [1.29, 1.82) is 0 Å². The van der Waals surface area contributed by atoms with Crippen LogP contribution in [-0.2, 0) is 9.53 Å². The first-order chi connectivity index (χ1) is 12.1. The van der Waals surface area contributed by atoms with E-state index in [4.69, 9.17) is 4.74 Å². The lowest BCUT2D eigenvalue weighted by molar-refractivity contribution is -0.115. The normalized spacial score (nSPS) is 16.1. The van der Waals surface area contributed by atoms with Gasteiger partial charge in [-0.3, -0.25) is 9.79 Å². The van der Waals surface area contributed by atoms with E-state index in [1.165, 1.54) is 24.4 Å². The van der Waals surface area contributed by atoms with Crippen LogP contribution in [-0.4, -0.2) is 32.4 Å². The fourth-order valence-corrected chi connectivity index (χ4v) is 2.62.